The summed E-state index contributed by atoms with van der Waals surface area (Å²) < 4.78 is 0. The van der Waals surface area contributed by atoms with Gasteiger partial charge in [0.05, 0.1) is 13.2 Å². The van der Waals surface area contributed by atoms with Gasteiger partial charge in [-0.15, -0.1) is 0 Å². The zero-order chi connectivity index (χ0) is 5.54. The van der Waals surface area contributed by atoms with Crippen molar-refractivity contribution in [1.82, 2.24) is 5.32 Å². The molecule has 9 heavy (non-hydrogen) atoms. The summed E-state index contributed by atoms with van der Waals surface area (Å²) in [4.78, 5) is 0. The average molecular weight is 156 g/mol. The van der Waals surface area contributed by atoms with Gasteiger partial charge in [0, 0.05) is 71.9 Å². The molecule has 0 bridgehead atoms. The van der Waals surface area contributed by atoms with Crippen molar-refractivity contribution in [2.75, 3.05) is 26.3 Å². The topological polar surface area (TPSA) is 52.5 Å². The van der Waals surface area contributed by atoms with E-state index in [2.05, 4.69) is 5.32 Å². The van der Waals surface area contributed by atoms with E-state index in [1.807, 2.05) is 0 Å². The number of hydrogen-bond donors (Lipinski definition) is 3. The van der Waals surface area contributed by atoms with Crippen LogP contribution in [0.2, 0.25) is 0 Å². The first-order chi connectivity index (χ1) is 3.41. The molecule has 0 fully saturated rings. The summed E-state index contributed by atoms with van der Waals surface area (Å²) in [6.45, 7) is 1.42. The van der Waals surface area contributed by atoms with E-state index >= 15 is 0 Å². The summed E-state index contributed by atoms with van der Waals surface area (Å²) in [5, 5.41) is 19.1. The molecule has 4 heteroatoms. The van der Waals surface area contributed by atoms with E-state index in [4.69, 9.17) is 10.2 Å². The van der Waals surface area contributed by atoms with Gasteiger partial charge in [0.15, 0.2) is 0 Å². The summed E-state index contributed by atoms with van der Waals surface area (Å²) in [6.07, 6.45) is 0. The summed E-state index contributed by atoms with van der Waals surface area (Å²) in [6, 6.07) is 0. The van der Waals surface area contributed by atoms with Crippen LogP contribution >= 0.6 is 0 Å². The van der Waals surface area contributed by atoms with Crippen LogP contribution in [-0.4, -0.2) is 87.9 Å². The summed E-state index contributed by atoms with van der Waals surface area (Å²) in [7, 11) is 0. The van der Waals surface area contributed by atoms with Gasteiger partial charge in [0.1, 0.15) is 0 Å². The normalized spacial score (nSPS) is 7.33. The Morgan fingerprint density at radius 2 is 1.33 bits per heavy atom. The zero-order valence-corrected chi connectivity index (χ0v) is 8.85. The second-order valence-corrected chi connectivity index (χ2v) is 1.20. The standard InChI is InChI=1S/C4H11NO2.C.K/c6-3-1-5-2-4-7;;/h5-7H,1-4H2;;. The van der Waals surface area contributed by atoms with Crippen molar-refractivity contribution in [3.05, 3.63) is 7.43 Å². The molecule has 0 aromatic carbocycles. The molecule has 0 heterocycles. The smallest absolute Gasteiger partial charge is 0.0555 e. The van der Waals surface area contributed by atoms with Crippen molar-refractivity contribution in [2.45, 2.75) is 0 Å². The molecule has 0 aliphatic carbocycles. The molecule has 0 amide bonds. The van der Waals surface area contributed by atoms with E-state index in [0.717, 1.165) is 0 Å². The Bertz CT molecular complexity index is 34.1. The van der Waals surface area contributed by atoms with Crippen LogP contribution in [0.5, 0.6) is 0 Å². The largest absolute Gasteiger partial charge is 0.395 e. The minimum absolute atomic E-state index is 0. The van der Waals surface area contributed by atoms with Crippen LogP contribution in [0.1, 0.15) is 0 Å². The van der Waals surface area contributed by atoms with E-state index < -0.39 is 0 Å². The van der Waals surface area contributed by atoms with Gasteiger partial charge in [0.2, 0.25) is 0 Å². The molecular weight excluding hydrogens is 145 g/mol. The van der Waals surface area contributed by atoms with Crippen LogP contribution in [0.3, 0.4) is 0 Å². The van der Waals surface area contributed by atoms with E-state index in [-0.39, 0.29) is 72.0 Å². The molecule has 49 valence electrons. The predicted octanol–water partition coefficient (Wildman–Crippen LogP) is -1.74. The van der Waals surface area contributed by atoms with Gasteiger partial charge in [-0.3, -0.25) is 0 Å². The quantitative estimate of drug-likeness (QED) is 0.334. The maximum atomic E-state index is 8.15. The van der Waals surface area contributed by atoms with Crippen molar-refractivity contribution >= 4 is 51.4 Å². The van der Waals surface area contributed by atoms with Crippen molar-refractivity contribution in [3.63, 3.8) is 0 Å². The van der Waals surface area contributed by atoms with Crippen LogP contribution in [0, 0.1) is 7.43 Å². The molecule has 0 aromatic heterocycles. The molecule has 0 aromatic rings. The number of nitrogens with one attached hydrogen (secondary N) is 1. The molecule has 3 nitrogen and oxygen atoms in total. The minimum atomic E-state index is 0. The molecule has 0 unspecified atom stereocenters. The van der Waals surface area contributed by atoms with Gasteiger partial charge in [-0.05, 0) is 0 Å². The van der Waals surface area contributed by atoms with Gasteiger partial charge in [0.25, 0.3) is 0 Å². The maximum Gasteiger partial charge on any atom is 0.0555 e. The van der Waals surface area contributed by atoms with Crippen LogP contribution in [0.25, 0.3) is 0 Å². The Hall–Kier alpha value is 1.52. The van der Waals surface area contributed by atoms with Gasteiger partial charge >= 0.3 is 0 Å². The third kappa shape index (κ3) is 17.7. The molecule has 0 atom stereocenters. The predicted molar refractivity (Wildman–Crippen MR) is 36.0 cm³/mol. The van der Waals surface area contributed by atoms with Crippen LogP contribution in [-0.2, 0) is 0 Å². The molecule has 3 N–H and O–H groups in total. The molecule has 0 spiro atoms. The number of aliphatic hydroxyl groups is 2. The summed E-state index contributed by atoms with van der Waals surface area (Å²) in [5.74, 6) is 0. The Morgan fingerprint density at radius 1 is 1.00 bits per heavy atom. The Kier molecular flexibility index (Phi) is 30.4. The monoisotopic (exact) mass is 156 g/mol. The number of hydrogen-bond acceptors (Lipinski definition) is 3. The van der Waals surface area contributed by atoms with E-state index in [9.17, 15) is 0 Å². The van der Waals surface area contributed by atoms with Gasteiger partial charge in [-0.1, -0.05) is 0 Å². The fraction of sp³-hybridized carbons (Fsp3) is 0.800. The Labute approximate surface area is 99.3 Å². The second-order valence-electron chi connectivity index (χ2n) is 1.20. The molecular formula is C5H11KNO2. The van der Waals surface area contributed by atoms with Gasteiger partial charge < -0.3 is 15.5 Å². The van der Waals surface area contributed by atoms with E-state index in [0.29, 0.717) is 13.1 Å². The third-order valence-electron chi connectivity index (χ3n) is 0.577. The maximum absolute atomic E-state index is 8.15. The number of rotatable bonds is 4. The average Bonchev–Trinajstić information content (AvgIpc) is 1.69. The van der Waals surface area contributed by atoms with Crippen LogP contribution in [0.4, 0.5) is 0 Å². The molecule has 0 saturated heterocycles. The van der Waals surface area contributed by atoms with Gasteiger partial charge in [-0.25, -0.2) is 0 Å². The zero-order valence-electron chi connectivity index (χ0n) is 5.72. The van der Waals surface area contributed by atoms with Crippen molar-refractivity contribution in [1.29, 1.82) is 0 Å². The Balaban J connectivity index is -0.000000180. The minimum Gasteiger partial charge on any atom is -0.395 e. The summed E-state index contributed by atoms with van der Waals surface area (Å²) in [5.41, 5.74) is 0. The fourth-order valence-electron chi connectivity index (χ4n) is 0.283. The fourth-order valence-corrected chi connectivity index (χ4v) is 0.283. The van der Waals surface area contributed by atoms with E-state index in [1.54, 1.807) is 0 Å². The van der Waals surface area contributed by atoms with Crippen molar-refractivity contribution < 1.29 is 10.2 Å². The molecule has 0 saturated carbocycles. The van der Waals surface area contributed by atoms with Crippen molar-refractivity contribution in [3.8, 4) is 0 Å². The van der Waals surface area contributed by atoms with Gasteiger partial charge in [-0.2, -0.15) is 0 Å². The molecule has 0 aliphatic rings. The first kappa shape index (κ1) is 16.9. The van der Waals surface area contributed by atoms with E-state index in [1.165, 1.54) is 0 Å². The van der Waals surface area contributed by atoms with Crippen LogP contribution in [0.15, 0.2) is 0 Å². The first-order valence-corrected chi connectivity index (χ1v) is 2.34. The molecule has 0 aliphatic heterocycles. The summed E-state index contributed by atoms with van der Waals surface area (Å²) >= 11 is 0. The second kappa shape index (κ2) is 16.3. The SMILES string of the molecule is OCCNCCO.[C].[K]. The molecule has 5 radical (unpaired) electrons. The van der Waals surface area contributed by atoms with Crippen LogP contribution < -0.4 is 5.32 Å². The molecule has 0 rings (SSSR count). The third-order valence-corrected chi connectivity index (χ3v) is 0.577. The number of aliphatic hydroxyl groups excluding tert-OH is 2. The first-order valence-electron chi connectivity index (χ1n) is 2.34. The Morgan fingerprint density at radius 3 is 1.56 bits per heavy atom. The van der Waals surface area contributed by atoms with Crippen molar-refractivity contribution in [2.24, 2.45) is 0 Å².